The zero-order valence-electron chi connectivity index (χ0n) is 11.2. The molecular formula is C13H19NO3S2. The second kappa shape index (κ2) is 5.34. The van der Waals surface area contributed by atoms with Crippen LogP contribution in [-0.4, -0.2) is 41.4 Å². The molecule has 6 heteroatoms. The molecule has 1 N–H and O–H groups in total. The number of thioether (sulfide) groups is 1. The van der Waals surface area contributed by atoms with Crippen molar-refractivity contribution in [3.05, 3.63) is 24.3 Å². The molecule has 0 radical (unpaired) electrons. The monoisotopic (exact) mass is 301 g/mol. The average molecular weight is 301 g/mol. The molecule has 19 heavy (non-hydrogen) atoms. The van der Waals surface area contributed by atoms with E-state index < -0.39 is 10.0 Å². The van der Waals surface area contributed by atoms with Gasteiger partial charge in [-0.05, 0) is 30.7 Å². The van der Waals surface area contributed by atoms with E-state index in [9.17, 15) is 13.5 Å². The highest BCUT2D eigenvalue weighted by molar-refractivity contribution is 8.00. The molecule has 0 aliphatic carbocycles. The predicted octanol–water partition coefficient (Wildman–Crippen LogP) is 2.30. The Bertz CT molecular complexity index is 538. The summed E-state index contributed by atoms with van der Waals surface area (Å²) in [4.78, 5) is 0.245. The molecule has 0 unspecified atom stereocenters. The number of phenols is 1. The van der Waals surface area contributed by atoms with Crippen LogP contribution in [0.3, 0.4) is 0 Å². The Balaban J connectivity index is 2.22. The summed E-state index contributed by atoms with van der Waals surface area (Å²) in [5.41, 5.74) is 0. The lowest BCUT2D eigenvalue weighted by molar-refractivity contribution is 0.415. The van der Waals surface area contributed by atoms with Crippen LogP contribution in [0.25, 0.3) is 0 Å². The third kappa shape index (κ3) is 3.43. The number of rotatable bonds is 2. The summed E-state index contributed by atoms with van der Waals surface area (Å²) < 4.78 is 26.7. The number of nitrogens with zero attached hydrogens (tertiary/aromatic N) is 1. The third-order valence-corrected chi connectivity index (χ3v) is 6.56. The fourth-order valence-electron chi connectivity index (χ4n) is 2.01. The smallest absolute Gasteiger partial charge is 0.243 e. The van der Waals surface area contributed by atoms with E-state index in [4.69, 9.17) is 0 Å². The number of hydrogen-bond donors (Lipinski definition) is 1. The van der Waals surface area contributed by atoms with Gasteiger partial charge in [0.2, 0.25) is 10.0 Å². The molecule has 1 heterocycles. The summed E-state index contributed by atoms with van der Waals surface area (Å²) in [5.74, 6) is 0.885. The van der Waals surface area contributed by atoms with Crippen LogP contribution in [0, 0.1) is 0 Å². The lowest BCUT2D eigenvalue weighted by Gasteiger charge is -2.22. The summed E-state index contributed by atoms with van der Waals surface area (Å²) in [6, 6.07) is 5.72. The van der Waals surface area contributed by atoms with Gasteiger partial charge in [0.05, 0.1) is 4.90 Å². The quantitative estimate of drug-likeness (QED) is 0.910. The van der Waals surface area contributed by atoms with Crippen molar-refractivity contribution in [3.8, 4) is 5.75 Å². The molecule has 106 valence electrons. The summed E-state index contributed by atoms with van der Waals surface area (Å²) in [5, 5.41) is 9.23. The number of aromatic hydroxyl groups is 1. The van der Waals surface area contributed by atoms with Crippen molar-refractivity contribution in [3.63, 3.8) is 0 Å². The largest absolute Gasteiger partial charge is 0.508 e. The lowest BCUT2D eigenvalue weighted by atomic mass is 10.1. The third-order valence-electron chi connectivity index (χ3n) is 3.27. The highest BCUT2D eigenvalue weighted by Crippen LogP contribution is 2.32. The van der Waals surface area contributed by atoms with E-state index in [1.165, 1.54) is 24.3 Å². The van der Waals surface area contributed by atoms with Crippen molar-refractivity contribution >= 4 is 21.8 Å². The fourth-order valence-corrected chi connectivity index (χ4v) is 4.67. The average Bonchev–Trinajstić information content (AvgIpc) is 2.51. The summed E-state index contributed by atoms with van der Waals surface area (Å²) >= 11 is 1.81. The van der Waals surface area contributed by atoms with Crippen LogP contribution < -0.4 is 0 Å². The van der Waals surface area contributed by atoms with Crippen molar-refractivity contribution in [1.29, 1.82) is 0 Å². The zero-order chi connectivity index (χ0) is 14.1. The topological polar surface area (TPSA) is 57.6 Å². The van der Waals surface area contributed by atoms with Gasteiger partial charge in [0, 0.05) is 23.6 Å². The first-order valence-electron chi connectivity index (χ1n) is 6.24. The van der Waals surface area contributed by atoms with Crippen LogP contribution >= 0.6 is 11.8 Å². The number of hydrogen-bond acceptors (Lipinski definition) is 4. The summed E-state index contributed by atoms with van der Waals surface area (Å²) in [7, 11) is -3.44. The Labute approximate surface area is 118 Å². The molecule has 0 saturated carbocycles. The van der Waals surface area contributed by atoms with Gasteiger partial charge < -0.3 is 5.11 Å². The maximum Gasteiger partial charge on any atom is 0.243 e. The molecule has 0 spiro atoms. The Hall–Kier alpha value is -0.720. The van der Waals surface area contributed by atoms with E-state index in [1.807, 2.05) is 11.8 Å². The van der Waals surface area contributed by atoms with E-state index >= 15 is 0 Å². The van der Waals surface area contributed by atoms with Gasteiger partial charge in [-0.1, -0.05) is 13.8 Å². The molecular weight excluding hydrogens is 282 g/mol. The normalized spacial score (nSPS) is 20.9. The highest BCUT2D eigenvalue weighted by atomic mass is 32.2. The van der Waals surface area contributed by atoms with Gasteiger partial charge in [0.25, 0.3) is 0 Å². The number of sulfonamides is 1. The second-order valence-electron chi connectivity index (χ2n) is 5.26. The van der Waals surface area contributed by atoms with E-state index in [0.717, 1.165) is 12.2 Å². The van der Waals surface area contributed by atoms with E-state index in [0.29, 0.717) is 13.1 Å². The van der Waals surface area contributed by atoms with Crippen molar-refractivity contribution in [1.82, 2.24) is 4.31 Å². The number of benzene rings is 1. The molecule has 1 aromatic carbocycles. The van der Waals surface area contributed by atoms with Crippen LogP contribution in [0.1, 0.15) is 20.3 Å². The standard InChI is InChI=1S/C13H19NO3S2/c1-13(2)7-8-14(9-10-18-13)19(16,17)12-5-3-11(15)4-6-12/h3-6,15H,7-10H2,1-2H3. The van der Waals surface area contributed by atoms with Crippen molar-refractivity contribution in [2.45, 2.75) is 29.9 Å². The molecule has 1 aliphatic rings. The first kappa shape index (κ1) is 14.7. The minimum Gasteiger partial charge on any atom is -0.508 e. The first-order chi connectivity index (χ1) is 8.81. The maximum absolute atomic E-state index is 12.5. The van der Waals surface area contributed by atoms with Gasteiger partial charge in [-0.15, -0.1) is 0 Å². The Morgan fingerprint density at radius 2 is 1.84 bits per heavy atom. The molecule has 1 saturated heterocycles. The molecule has 2 rings (SSSR count). The molecule has 0 aromatic heterocycles. The molecule has 0 bridgehead atoms. The van der Waals surface area contributed by atoms with Gasteiger partial charge in [0.15, 0.2) is 0 Å². The molecule has 1 fully saturated rings. The second-order valence-corrected chi connectivity index (χ2v) is 9.00. The zero-order valence-corrected chi connectivity index (χ0v) is 12.8. The molecule has 1 aromatic rings. The molecule has 0 atom stereocenters. The molecule has 0 amide bonds. The minimum atomic E-state index is -3.44. The van der Waals surface area contributed by atoms with Gasteiger partial charge >= 0.3 is 0 Å². The van der Waals surface area contributed by atoms with Crippen LogP contribution in [0.5, 0.6) is 5.75 Å². The predicted molar refractivity (Wildman–Crippen MR) is 78.0 cm³/mol. The number of phenolic OH excluding ortho intramolecular Hbond substituents is 1. The Morgan fingerprint density at radius 3 is 2.47 bits per heavy atom. The van der Waals surface area contributed by atoms with E-state index in [-0.39, 0.29) is 15.4 Å². The van der Waals surface area contributed by atoms with Crippen LogP contribution in [0.4, 0.5) is 0 Å². The maximum atomic E-state index is 12.5. The molecule has 4 nitrogen and oxygen atoms in total. The van der Waals surface area contributed by atoms with E-state index in [1.54, 1.807) is 4.31 Å². The summed E-state index contributed by atoms with van der Waals surface area (Å²) in [6.45, 7) is 5.38. The van der Waals surface area contributed by atoms with Crippen LogP contribution in [0.15, 0.2) is 29.2 Å². The van der Waals surface area contributed by atoms with Crippen LogP contribution in [-0.2, 0) is 10.0 Å². The lowest BCUT2D eigenvalue weighted by Crippen LogP contribution is -2.33. The fraction of sp³-hybridized carbons (Fsp3) is 0.538. The SMILES string of the molecule is CC1(C)CCN(S(=O)(=O)c2ccc(O)cc2)CCS1. The Kier molecular flexibility index (Phi) is 4.13. The van der Waals surface area contributed by atoms with Gasteiger partial charge in [-0.2, -0.15) is 16.1 Å². The van der Waals surface area contributed by atoms with Crippen molar-refractivity contribution in [2.75, 3.05) is 18.8 Å². The van der Waals surface area contributed by atoms with Gasteiger partial charge in [0.1, 0.15) is 5.75 Å². The Morgan fingerprint density at radius 1 is 1.21 bits per heavy atom. The minimum absolute atomic E-state index is 0.0755. The van der Waals surface area contributed by atoms with Gasteiger partial charge in [-0.25, -0.2) is 8.42 Å². The summed E-state index contributed by atoms with van der Waals surface area (Å²) in [6.07, 6.45) is 0.842. The van der Waals surface area contributed by atoms with Crippen molar-refractivity contribution in [2.24, 2.45) is 0 Å². The molecule has 1 aliphatic heterocycles. The first-order valence-corrected chi connectivity index (χ1v) is 8.67. The highest BCUT2D eigenvalue weighted by Gasteiger charge is 2.30. The van der Waals surface area contributed by atoms with Crippen molar-refractivity contribution < 1.29 is 13.5 Å². The van der Waals surface area contributed by atoms with Crippen LogP contribution in [0.2, 0.25) is 0 Å². The van der Waals surface area contributed by atoms with E-state index in [2.05, 4.69) is 13.8 Å². The van der Waals surface area contributed by atoms with Gasteiger partial charge in [-0.3, -0.25) is 0 Å².